The van der Waals surface area contributed by atoms with Gasteiger partial charge in [0.15, 0.2) is 0 Å². The van der Waals surface area contributed by atoms with Gasteiger partial charge >= 0.3 is 12.1 Å². The van der Waals surface area contributed by atoms with E-state index in [4.69, 9.17) is 4.74 Å². The highest BCUT2D eigenvalue weighted by atomic mass is 16.5. The number of methoxy groups -OCH3 is 1. The summed E-state index contributed by atoms with van der Waals surface area (Å²) >= 11 is 0. The number of anilines is 1. The highest BCUT2D eigenvalue weighted by Gasteiger charge is 2.23. The van der Waals surface area contributed by atoms with Crippen LogP contribution in [0.5, 0.6) is 0 Å². The first-order valence-electron chi connectivity index (χ1n) is 7.53. The lowest BCUT2D eigenvalue weighted by Gasteiger charge is -2.30. The van der Waals surface area contributed by atoms with Crippen molar-refractivity contribution in [2.75, 3.05) is 32.1 Å². The number of carbonyl (C=O) groups is 2. The average Bonchev–Trinajstić information content (AvgIpc) is 2.52. The van der Waals surface area contributed by atoms with Gasteiger partial charge in [0, 0.05) is 25.3 Å². The van der Waals surface area contributed by atoms with E-state index >= 15 is 0 Å². The summed E-state index contributed by atoms with van der Waals surface area (Å²) in [4.78, 5) is 25.0. The van der Waals surface area contributed by atoms with E-state index in [1.807, 2.05) is 31.2 Å². The number of rotatable bonds is 3. The van der Waals surface area contributed by atoms with Crippen LogP contribution in [-0.4, -0.2) is 43.8 Å². The molecule has 1 heterocycles. The quantitative estimate of drug-likeness (QED) is 0.901. The number of likely N-dealkylation sites (tertiary alicyclic amines) is 1. The lowest BCUT2D eigenvalue weighted by Crippen LogP contribution is -2.42. The number of ether oxygens (including phenoxy) is 1. The maximum atomic E-state index is 11.9. The van der Waals surface area contributed by atoms with Crippen molar-refractivity contribution in [1.82, 2.24) is 10.2 Å². The van der Waals surface area contributed by atoms with E-state index in [9.17, 15) is 9.59 Å². The smallest absolute Gasteiger partial charge is 0.409 e. The standard InChI is InChI=1S/C16H23N3O3/c1-12-4-3-5-14(10-12)18-15(20)17-11-13-6-8-19(9-7-13)16(21)22-2/h3-5,10,13H,6-9,11H2,1-2H3,(H2,17,18,20). The number of nitrogens with zero attached hydrogens (tertiary/aromatic N) is 1. The second kappa shape index (κ2) is 7.68. The van der Waals surface area contributed by atoms with Crippen LogP contribution in [0.4, 0.5) is 15.3 Å². The summed E-state index contributed by atoms with van der Waals surface area (Å²) in [5.74, 6) is 0.393. The monoisotopic (exact) mass is 305 g/mol. The van der Waals surface area contributed by atoms with Crippen molar-refractivity contribution in [2.45, 2.75) is 19.8 Å². The predicted octanol–water partition coefficient (Wildman–Crippen LogP) is 2.59. The number of benzene rings is 1. The molecule has 0 unspecified atom stereocenters. The Hall–Kier alpha value is -2.24. The minimum atomic E-state index is -0.274. The molecule has 0 bridgehead atoms. The number of urea groups is 1. The van der Waals surface area contributed by atoms with Gasteiger partial charge in [-0.3, -0.25) is 0 Å². The molecule has 1 aliphatic rings. The van der Waals surface area contributed by atoms with Crippen LogP contribution in [-0.2, 0) is 4.74 Å². The first-order chi connectivity index (χ1) is 10.6. The summed E-state index contributed by atoms with van der Waals surface area (Å²) in [6.07, 6.45) is 1.48. The van der Waals surface area contributed by atoms with Crippen LogP contribution in [0, 0.1) is 12.8 Å². The van der Waals surface area contributed by atoms with E-state index in [-0.39, 0.29) is 12.1 Å². The third-order valence-corrected chi connectivity index (χ3v) is 3.87. The van der Waals surface area contributed by atoms with Gasteiger partial charge in [-0.2, -0.15) is 0 Å². The Morgan fingerprint density at radius 1 is 1.32 bits per heavy atom. The Balaban J connectivity index is 1.70. The van der Waals surface area contributed by atoms with Crippen molar-refractivity contribution in [3.8, 4) is 0 Å². The first-order valence-corrected chi connectivity index (χ1v) is 7.53. The summed E-state index contributed by atoms with van der Waals surface area (Å²) in [5.41, 5.74) is 1.89. The number of aryl methyl sites for hydroxylation is 1. The molecule has 1 aliphatic heterocycles. The van der Waals surface area contributed by atoms with Crippen LogP contribution in [0.3, 0.4) is 0 Å². The van der Waals surface area contributed by atoms with Gasteiger partial charge in [0.1, 0.15) is 0 Å². The number of nitrogens with one attached hydrogen (secondary N) is 2. The zero-order chi connectivity index (χ0) is 15.9. The number of carbonyl (C=O) groups excluding carboxylic acids is 2. The average molecular weight is 305 g/mol. The molecular weight excluding hydrogens is 282 g/mol. The van der Waals surface area contributed by atoms with Crippen LogP contribution in [0.2, 0.25) is 0 Å². The first kappa shape index (κ1) is 16.1. The van der Waals surface area contributed by atoms with Crippen LogP contribution >= 0.6 is 0 Å². The molecule has 3 amide bonds. The van der Waals surface area contributed by atoms with Crippen LogP contribution in [0.1, 0.15) is 18.4 Å². The van der Waals surface area contributed by atoms with E-state index in [1.165, 1.54) is 7.11 Å². The van der Waals surface area contributed by atoms with Crippen molar-refractivity contribution in [2.24, 2.45) is 5.92 Å². The molecule has 1 saturated heterocycles. The van der Waals surface area contributed by atoms with Crippen molar-refractivity contribution in [3.05, 3.63) is 29.8 Å². The molecule has 0 aliphatic carbocycles. The van der Waals surface area contributed by atoms with Gasteiger partial charge in [-0.05, 0) is 43.4 Å². The van der Waals surface area contributed by atoms with E-state index in [0.29, 0.717) is 25.6 Å². The van der Waals surface area contributed by atoms with E-state index in [2.05, 4.69) is 10.6 Å². The fourth-order valence-corrected chi connectivity index (χ4v) is 2.58. The Labute approximate surface area is 130 Å². The number of hydrogen-bond acceptors (Lipinski definition) is 3. The van der Waals surface area contributed by atoms with Gasteiger partial charge < -0.3 is 20.3 Å². The molecule has 0 spiro atoms. The van der Waals surface area contributed by atoms with Crippen molar-refractivity contribution in [1.29, 1.82) is 0 Å². The molecule has 0 radical (unpaired) electrons. The fourth-order valence-electron chi connectivity index (χ4n) is 2.58. The molecule has 2 rings (SSSR count). The molecule has 22 heavy (non-hydrogen) atoms. The van der Waals surface area contributed by atoms with Crippen molar-refractivity contribution < 1.29 is 14.3 Å². The zero-order valence-electron chi connectivity index (χ0n) is 13.1. The van der Waals surface area contributed by atoms with Crippen LogP contribution in [0.25, 0.3) is 0 Å². The summed E-state index contributed by atoms with van der Waals surface area (Å²) < 4.78 is 4.71. The predicted molar refractivity (Wildman–Crippen MR) is 84.9 cm³/mol. The number of piperidine rings is 1. The topological polar surface area (TPSA) is 70.7 Å². The highest BCUT2D eigenvalue weighted by Crippen LogP contribution is 2.17. The zero-order valence-corrected chi connectivity index (χ0v) is 13.1. The van der Waals surface area contributed by atoms with E-state index in [0.717, 1.165) is 24.1 Å². The van der Waals surface area contributed by atoms with Gasteiger partial charge in [-0.1, -0.05) is 12.1 Å². The number of amides is 3. The molecule has 2 N–H and O–H groups in total. The molecule has 120 valence electrons. The summed E-state index contributed by atoms with van der Waals surface area (Å²) in [5, 5.41) is 5.72. The third-order valence-electron chi connectivity index (χ3n) is 3.87. The lowest BCUT2D eigenvalue weighted by atomic mass is 9.97. The van der Waals surface area contributed by atoms with Crippen LogP contribution < -0.4 is 10.6 Å². The van der Waals surface area contributed by atoms with Crippen molar-refractivity contribution in [3.63, 3.8) is 0 Å². The maximum absolute atomic E-state index is 11.9. The SMILES string of the molecule is COC(=O)N1CCC(CNC(=O)Nc2cccc(C)c2)CC1. The minimum Gasteiger partial charge on any atom is -0.453 e. The van der Waals surface area contributed by atoms with Gasteiger partial charge in [0.2, 0.25) is 0 Å². The molecule has 6 nitrogen and oxygen atoms in total. The Kier molecular flexibility index (Phi) is 5.63. The van der Waals surface area contributed by atoms with Gasteiger partial charge in [-0.15, -0.1) is 0 Å². The second-order valence-electron chi connectivity index (χ2n) is 5.60. The molecule has 1 fully saturated rings. The molecule has 0 atom stereocenters. The molecule has 6 heteroatoms. The highest BCUT2D eigenvalue weighted by molar-refractivity contribution is 5.89. The fraction of sp³-hybridized carbons (Fsp3) is 0.500. The lowest BCUT2D eigenvalue weighted by molar-refractivity contribution is 0.106. The molecule has 1 aromatic rings. The molecule has 0 aromatic heterocycles. The Morgan fingerprint density at radius 3 is 2.68 bits per heavy atom. The number of hydrogen-bond donors (Lipinski definition) is 2. The Morgan fingerprint density at radius 2 is 2.05 bits per heavy atom. The Bertz CT molecular complexity index is 525. The normalized spacial score (nSPS) is 15.3. The summed E-state index contributed by atoms with van der Waals surface area (Å²) in [6.45, 7) is 3.96. The third kappa shape index (κ3) is 4.65. The van der Waals surface area contributed by atoms with Crippen molar-refractivity contribution >= 4 is 17.8 Å². The maximum Gasteiger partial charge on any atom is 0.409 e. The summed E-state index contributed by atoms with van der Waals surface area (Å²) in [6, 6.07) is 7.49. The second-order valence-corrected chi connectivity index (χ2v) is 5.60. The van der Waals surface area contributed by atoms with Gasteiger partial charge in [-0.25, -0.2) is 9.59 Å². The summed E-state index contributed by atoms with van der Waals surface area (Å²) in [7, 11) is 1.39. The molecule has 0 saturated carbocycles. The molecule has 1 aromatic carbocycles. The largest absolute Gasteiger partial charge is 0.453 e. The molecular formula is C16H23N3O3. The minimum absolute atomic E-state index is 0.194. The van der Waals surface area contributed by atoms with Gasteiger partial charge in [0.05, 0.1) is 7.11 Å². The van der Waals surface area contributed by atoms with Gasteiger partial charge in [0.25, 0.3) is 0 Å². The van der Waals surface area contributed by atoms with Crippen LogP contribution in [0.15, 0.2) is 24.3 Å². The van der Waals surface area contributed by atoms with E-state index in [1.54, 1.807) is 4.90 Å². The van der Waals surface area contributed by atoms with E-state index < -0.39 is 0 Å².